The lowest BCUT2D eigenvalue weighted by atomic mass is 10.0. The average Bonchev–Trinajstić information content (AvgIpc) is 2.97. The first-order valence-corrected chi connectivity index (χ1v) is 7.36. The third kappa shape index (κ3) is 2.36. The van der Waals surface area contributed by atoms with E-state index < -0.39 is 12.1 Å². The van der Waals surface area contributed by atoms with Crippen molar-refractivity contribution < 1.29 is 14.3 Å². The standard InChI is InChI=1S/C18H14N2O3/c21-14-10-15(11-6-2-1-3-7-11)23-17(14)16-18(22)20-13-9-5-4-8-12(13)19-16/h1-10,16-17,19H,(H,20,22)/t16-,17-/m0/s1. The van der Waals surface area contributed by atoms with E-state index in [-0.39, 0.29) is 11.7 Å². The van der Waals surface area contributed by atoms with E-state index in [1.807, 2.05) is 48.5 Å². The molecule has 2 N–H and O–H groups in total. The van der Waals surface area contributed by atoms with Crippen LogP contribution in [0.4, 0.5) is 11.4 Å². The molecule has 2 aliphatic heterocycles. The van der Waals surface area contributed by atoms with Crippen LogP contribution in [0.15, 0.2) is 60.7 Å². The number of rotatable bonds is 2. The number of hydrogen-bond donors (Lipinski definition) is 2. The van der Waals surface area contributed by atoms with Crippen molar-refractivity contribution in [2.75, 3.05) is 10.6 Å². The Kier molecular flexibility index (Phi) is 3.12. The number of anilines is 2. The lowest BCUT2D eigenvalue weighted by Gasteiger charge is -2.29. The molecule has 0 bridgehead atoms. The number of hydrogen-bond acceptors (Lipinski definition) is 4. The van der Waals surface area contributed by atoms with Gasteiger partial charge in [0.05, 0.1) is 11.4 Å². The monoisotopic (exact) mass is 306 g/mol. The molecule has 0 saturated carbocycles. The predicted octanol–water partition coefficient (Wildman–Crippen LogP) is 2.43. The SMILES string of the molecule is O=C1Nc2ccccc2N[C@H]1[C@H]1OC(c2ccccc2)=CC1=O. The molecule has 2 aliphatic rings. The molecule has 2 aromatic rings. The molecule has 0 aliphatic carbocycles. The Morgan fingerprint density at radius 1 is 0.870 bits per heavy atom. The second-order valence-electron chi connectivity index (χ2n) is 5.47. The number of amides is 1. The van der Waals surface area contributed by atoms with Crippen LogP contribution in [0.3, 0.4) is 0 Å². The first kappa shape index (κ1) is 13.6. The van der Waals surface area contributed by atoms with Crippen LogP contribution >= 0.6 is 0 Å². The topological polar surface area (TPSA) is 67.4 Å². The summed E-state index contributed by atoms with van der Waals surface area (Å²) in [7, 11) is 0. The van der Waals surface area contributed by atoms with Crippen LogP contribution in [-0.4, -0.2) is 23.8 Å². The summed E-state index contributed by atoms with van der Waals surface area (Å²) >= 11 is 0. The average molecular weight is 306 g/mol. The van der Waals surface area contributed by atoms with Gasteiger partial charge < -0.3 is 15.4 Å². The number of para-hydroxylation sites is 2. The van der Waals surface area contributed by atoms with Crippen molar-refractivity contribution in [2.45, 2.75) is 12.1 Å². The maximum Gasteiger partial charge on any atom is 0.251 e. The van der Waals surface area contributed by atoms with Gasteiger partial charge in [-0.2, -0.15) is 0 Å². The van der Waals surface area contributed by atoms with E-state index in [1.54, 1.807) is 6.07 Å². The van der Waals surface area contributed by atoms with Crippen LogP contribution < -0.4 is 10.6 Å². The molecule has 0 aromatic heterocycles. The first-order chi connectivity index (χ1) is 11.2. The molecule has 0 saturated heterocycles. The Balaban J connectivity index is 1.58. The van der Waals surface area contributed by atoms with Gasteiger partial charge >= 0.3 is 0 Å². The fraction of sp³-hybridized carbons (Fsp3) is 0.111. The number of nitrogens with one attached hydrogen (secondary N) is 2. The van der Waals surface area contributed by atoms with Gasteiger partial charge in [0.25, 0.3) is 5.91 Å². The van der Waals surface area contributed by atoms with Gasteiger partial charge in [-0.25, -0.2) is 0 Å². The number of fused-ring (bicyclic) bond motifs is 1. The molecule has 0 unspecified atom stereocenters. The van der Waals surface area contributed by atoms with Crippen molar-refractivity contribution in [2.24, 2.45) is 0 Å². The van der Waals surface area contributed by atoms with Crippen LogP contribution in [0.5, 0.6) is 0 Å². The van der Waals surface area contributed by atoms with Crippen molar-refractivity contribution in [3.8, 4) is 0 Å². The zero-order chi connectivity index (χ0) is 15.8. The lowest BCUT2D eigenvalue weighted by Crippen LogP contribution is -2.49. The van der Waals surface area contributed by atoms with Gasteiger partial charge in [0.1, 0.15) is 5.76 Å². The summed E-state index contributed by atoms with van der Waals surface area (Å²) in [5, 5.41) is 5.91. The van der Waals surface area contributed by atoms with E-state index >= 15 is 0 Å². The molecule has 5 nitrogen and oxygen atoms in total. The van der Waals surface area contributed by atoms with E-state index in [1.165, 1.54) is 6.08 Å². The summed E-state index contributed by atoms with van der Waals surface area (Å²) in [5.74, 6) is 0.00899. The van der Waals surface area contributed by atoms with Crippen molar-refractivity contribution in [3.63, 3.8) is 0 Å². The van der Waals surface area contributed by atoms with Crippen LogP contribution in [0.25, 0.3) is 5.76 Å². The highest BCUT2D eigenvalue weighted by Gasteiger charge is 2.41. The highest BCUT2D eigenvalue weighted by Crippen LogP contribution is 2.31. The zero-order valence-corrected chi connectivity index (χ0v) is 12.2. The van der Waals surface area contributed by atoms with Gasteiger partial charge in [-0.3, -0.25) is 9.59 Å². The summed E-state index contributed by atoms with van der Waals surface area (Å²) in [6.07, 6.45) is 0.591. The largest absolute Gasteiger partial charge is 0.479 e. The minimum Gasteiger partial charge on any atom is -0.479 e. The third-order valence-electron chi connectivity index (χ3n) is 3.95. The van der Waals surface area contributed by atoms with Crippen LogP contribution in [-0.2, 0) is 14.3 Å². The highest BCUT2D eigenvalue weighted by molar-refractivity contribution is 6.10. The van der Waals surface area contributed by atoms with Gasteiger partial charge in [0, 0.05) is 11.6 Å². The number of ether oxygens (including phenoxy) is 1. The molecule has 5 heteroatoms. The Hall–Kier alpha value is -3.08. The summed E-state index contributed by atoms with van der Waals surface area (Å²) in [6, 6.07) is 16.0. The summed E-state index contributed by atoms with van der Waals surface area (Å²) in [5.41, 5.74) is 2.30. The first-order valence-electron chi connectivity index (χ1n) is 7.36. The number of ketones is 1. The molecule has 4 rings (SSSR count). The van der Waals surface area contributed by atoms with Gasteiger partial charge in [-0.15, -0.1) is 0 Å². The van der Waals surface area contributed by atoms with Gasteiger partial charge in [0.15, 0.2) is 12.1 Å². The molecule has 2 aromatic carbocycles. The fourth-order valence-electron chi connectivity index (χ4n) is 2.80. The molecule has 0 radical (unpaired) electrons. The zero-order valence-electron chi connectivity index (χ0n) is 12.2. The second kappa shape index (κ2) is 5.28. The number of carbonyl (C=O) groups excluding carboxylic acids is 2. The van der Waals surface area contributed by atoms with E-state index in [4.69, 9.17) is 4.74 Å². The van der Waals surface area contributed by atoms with Crippen molar-refractivity contribution >= 4 is 28.8 Å². The molecule has 2 heterocycles. The fourth-order valence-corrected chi connectivity index (χ4v) is 2.80. The van der Waals surface area contributed by atoms with Gasteiger partial charge in [-0.05, 0) is 12.1 Å². The summed E-state index contributed by atoms with van der Waals surface area (Å²) in [4.78, 5) is 24.6. The van der Waals surface area contributed by atoms with E-state index in [9.17, 15) is 9.59 Å². The van der Waals surface area contributed by atoms with E-state index in [0.29, 0.717) is 11.4 Å². The van der Waals surface area contributed by atoms with Crippen molar-refractivity contribution in [1.82, 2.24) is 0 Å². The quantitative estimate of drug-likeness (QED) is 0.894. The highest BCUT2D eigenvalue weighted by atomic mass is 16.5. The maximum atomic E-state index is 12.3. The van der Waals surface area contributed by atoms with Crippen LogP contribution in [0, 0.1) is 0 Å². The number of benzene rings is 2. The van der Waals surface area contributed by atoms with E-state index in [2.05, 4.69) is 10.6 Å². The Morgan fingerprint density at radius 2 is 1.57 bits per heavy atom. The molecule has 2 atom stereocenters. The maximum absolute atomic E-state index is 12.3. The summed E-state index contributed by atoms with van der Waals surface area (Å²) in [6.45, 7) is 0. The van der Waals surface area contributed by atoms with Gasteiger partial charge in [0.2, 0.25) is 5.78 Å². The minimum atomic E-state index is -0.862. The second-order valence-corrected chi connectivity index (χ2v) is 5.47. The Labute approximate surface area is 133 Å². The van der Waals surface area contributed by atoms with Crippen LogP contribution in [0.1, 0.15) is 5.56 Å². The minimum absolute atomic E-state index is 0.212. The molecule has 114 valence electrons. The predicted molar refractivity (Wildman–Crippen MR) is 86.8 cm³/mol. The van der Waals surface area contributed by atoms with Gasteiger partial charge in [-0.1, -0.05) is 42.5 Å². The normalized spacial score (nSPS) is 22.5. The van der Waals surface area contributed by atoms with Crippen LogP contribution in [0.2, 0.25) is 0 Å². The van der Waals surface area contributed by atoms with Crippen molar-refractivity contribution in [1.29, 1.82) is 0 Å². The van der Waals surface area contributed by atoms with Crippen molar-refractivity contribution in [3.05, 3.63) is 66.2 Å². The molecule has 0 fully saturated rings. The van der Waals surface area contributed by atoms with E-state index in [0.717, 1.165) is 11.3 Å². The smallest absolute Gasteiger partial charge is 0.251 e. The Morgan fingerprint density at radius 3 is 2.35 bits per heavy atom. The third-order valence-corrected chi connectivity index (χ3v) is 3.95. The molecular weight excluding hydrogens is 292 g/mol. The molecular formula is C18H14N2O3. The summed E-state index contributed by atoms with van der Waals surface area (Å²) < 4.78 is 5.77. The lowest BCUT2D eigenvalue weighted by molar-refractivity contribution is -0.127. The number of carbonyl (C=O) groups is 2. The molecule has 1 amide bonds. The molecule has 23 heavy (non-hydrogen) atoms. The molecule has 0 spiro atoms. The Bertz CT molecular complexity index is 814.